The van der Waals surface area contributed by atoms with E-state index in [0.29, 0.717) is 11.6 Å². The predicted molar refractivity (Wildman–Crippen MR) is 125 cm³/mol. The summed E-state index contributed by atoms with van der Waals surface area (Å²) in [6, 6.07) is 25.5. The summed E-state index contributed by atoms with van der Waals surface area (Å²) >= 11 is 7.32. The normalized spacial score (nSPS) is 16.8. The van der Waals surface area contributed by atoms with Gasteiger partial charge in [0.05, 0.1) is 10.8 Å². The van der Waals surface area contributed by atoms with Crippen molar-refractivity contribution in [2.45, 2.75) is 22.7 Å². The van der Waals surface area contributed by atoms with Gasteiger partial charge in [-0.25, -0.2) is 8.42 Å². The fourth-order valence-electron chi connectivity index (χ4n) is 3.35. The smallest absolute Gasteiger partial charge is 0.256 e. The van der Waals surface area contributed by atoms with Gasteiger partial charge < -0.3 is 4.90 Å². The van der Waals surface area contributed by atoms with Crippen LogP contribution in [0.4, 0.5) is 5.69 Å². The van der Waals surface area contributed by atoms with Crippen LogP contribution in [0.15, 0.2) is 89.8 Å². The van der Waals surface area contributed by atoms with Crippen LogP contribution < -0.4 is 4.90 Å². The number of sulfonamides is 1. The van der Waals surface area contributed by atoms with Gasteiger partial charge in [-0.1, -0.05) is 60.7 Å². The summed E-state index contributed by atoms with van der Waals surface area (Å²) in [5.74, 6) is 0.268. The number of carbonyl (C=O) groups excluding carboxylic acids is 1. The summed E-state index contributed by atoms with van der Waals surface area (Å²) in [4.78, 5) is 13.9. The van der Waals surface area contributed by atoms with Gasteiger partial charge in [0, 0.05) is 18.8 Å². The van der Waals surface area contributed by atoms with Crippen molar-refractivity contribution in [1.29, 1.82) is 0 Å². The van der Waals surface area contributed by atoms with E-state index in [2.05, 4.69) is 0 Å². The molecule has 0 N–H and O–H groups in total. The van der Waals surface area contributed by atoms with Crippen molar-refractivity contribution in [3.8, 4) is 0 Å². The molecule has 8 heteroatoms. The lowest BCUT2D eigenvalue weighted by Gasteiger charge is -2.23. The molecule has 3 aromatic carbocycles. The predicted octanol–water partition coefficient (Wildman–Crippen LogP) is 4.68. The lowest BCUT2D eigenvalue weighted by Crippen LogP contribution is -2.30. The first-order valence-electron chi connectivity index (χ1n) is 9.70. The van der Waals surface area contributed by atoms with Crippen LogP contribution in [0.5, 0.6) is 0 Å². The molecule has 1 atom stereocenters. The Morgan fingerprint density at radius 1 is 0.871 bits per heavy atom. The molecule has 0 saturated carbocycles. The molecule has 0 aromatic heterocycles. The molecule has 1 aliphatic heterocycles. The molecule has 1 fully saturated rings. The number of carbonyl (C=O) groups is 1. The summed E-state index contributed by atoms with van der Waals surface area (Å²) in [5, 5.41) is 0. The number of thioether (sulfide) groups is 1. The number of halogens is 1. The third-order valence-electron chi connectivity index (χ3n) is 5.00. The van der Waals surface area contributed by atoms with Gasteiger partial charge >= 0.3 is 0 Å². The molecule has 0 radical (unpaired) electrons. The summed E-state index contributed by atoms with van der Waals surface area (Å²) < 4.78 is 27.9. The Morgan fingerprint density at radius 3 is 1.84 bits per heavy atom. The zero-order valence-corrected chi connectivity index (χ0v) is 19.0. The van der Waals surface area contributed by atoms with E-state index in [1.54, 1.807) is 29.2 Å². The quantitative estimate of drug-likeness (QED) is 0.468. The molecule has 160 valence electrons. The second-order valence-electron chi connectivity index (χ2n) is 7.12. The number of nitrogens with zero attached hydrogens (tertiary/aromatic N) is 2. The van der Waals surface area contributed by atoms with Gasteiger partial charge in [0.1, 0.15) is 0 Å². The van der Waals surface area contributed by atoms with Gasteiger partial charge in [-0.3, -0.25) is 4.79 Å². The lowest BCUT2D eigenvalue weighted by atomic mass is 10.2. The number of benzene rings is 3. The number of hydrogen-bond donors (Lipinski definition) is 0. The zero-order valence-electron chi connectivity index (χ0n) is 16.6. The van der Waals surface area contributed by atoms with Crippen LogP contribution in [-0.4, -0.2) is 29.2 Å². The molecule has 0 spiro atoms. The molecule has 1 aliphatic rings. The summed E-state index contributed by atoms with van der Waals surface area (Å²) in [6.07, 6.45) is 0. The van der Waals surface area contributed by atoms with E-state index in [1.165, 1.54) is 16.1 Å². The minimum atomic E-state index is -3.76. The van der Waals surface area contributed by atoms with Crippen LogP contribution in [0.2, 0.25) is 0 Å². The van der Waals surface area contributed by atoms with Crippen molar-refractivity contribution in [1.82, 2.24) is 4.31 Å². The SMILES string of the molecule is O=C1C(Cl)SCN1c1ccc(S(=O)(=O)N(Cc2ccccc2)Cc2ccccc2)cc1. The molecule has 3 aromatic rings. The maximum Gasteiger partial charge on any atom is 0.256 e. The first kappa shape index (κ1) is 21.9. The van der Waals surface area contributed by atoms with E-state index < -0.39 is 14.7 Å². The largest absolute Gasteiger partial charge is 0.301 e. The van der Waals surface area contributed by atoms with Crippen LogP contribution in [-0.2, 0) is 27.9 Å². The highest BCUT2D eigenvalue weighted by Gasteiger charge is 2.32. The maximum absolute atomic E-state index is 13.5. The van der Waals surface area contributed by atoms with Crippen molar-refractivity contribution in [2.75, 3.05) is 10.8 Å². The van der Waals surface area contributed by atoms with Crippen molar-refractivity contribution < 1.29 is 13.2 Å². The molecule has 1 saturated heterocycles. The second-order valence-corrected chi connectivity index (χ2v) is 10.8. The Morgan fingerprint density at radius 2 is 1.39 bits per heavy atom. The third kappa shape index (κ3) is 4.96. The van der Waals surface area contributed by atoms with E-state index in [-0.39, 0.29) is 23.9 Å². The Labute approximate surface area is 191 Å². The summed E-state index contributed by atoms with van der Waals surface area (Å²) in [7, 11) is -3.76. The molecule has 5 nitrogen and oxygen atoms in total. The van der Waals surface area contributed by atoms with E-state index >= 15 is 0 Å². The minimum Gasteiger partial charge on any atom is -0.301 e. The van der Waals surface area contributed by atoms with Crippen LogP contribution in [0.25, 0.3) is 0 Å². The van der Waals surface area contributed by atoms with E-state index in [4.69, 9.17) is 11.6 Å². The number of alkyl halides is 1. The zero-order chi connectivity index (χ0) is 21.8. The van der Waals surface area contributed by atoms with Crippen LogP contribution in [0, 0.1) is 0 Å². The van der Waals surface area contributed by atoms with E-state index in [0.717, 1.165) is 11.1 Å². The Balaban J connectivity index is 1.62. The van der Waals surface area contributed by atoms with Crippen molar-refractivity contribution >= 4 is 45.0 Å². The van der Waals surface area contributed by atoms with Gasteiger partial charge in [-0.05, 0) is 35.4 Å². The molecule has 0 bridgehead atoms. The molecule has 0 aliphatic carbocycles. The van der Waals surface area contributed by atoms with Crippen LogP contribution >= 0.6 is 23.4 Å². The number of rotatable bonds is 7. The Bertz CT molecular complexity index is 1100. The molecular weight excluding hydrogens is 452 g/mol. The van der Waals surface area contributed by atoms with Gasteiger partial charge in [-0.2, -0.15) is 4.31 Å². The van der Waals surface area contributed by atoms with Crippen LogP contribution in [0.1, 0.15) is 11.1 Å². The highest BCUT2D eigenvalue weighted by atomic mass is 35.5. The standard InChI is InChI=1S/C23H21ClN2O3S2/c24-22-23(27)26(17-30-22)20-11-13-21(14-12-20)31(28,29)25(15-18-7-3-1-4-8-18)16-19-9-5-2-6-10-19/h1-14,22H,15-17H2. The monoisotopic (exact) mass is 472 g/mol. The fourth-order valence-corrected chi connectivity index (χ4v) is 5.88. The second kappa shape index (κ2) is 9.44. The van der Waals surface area contributed by atoms with Crippen molar-refractivity contribution in [3.63, 3.8) is 0 Å². The highest BCUT2D eigenvalue weighted by molar-refractivity contribution is 8.02. The lowest BCUT2D eigenvalue weighted by molar-refractivity contribution is -0.116. The molecule has 1 unspecified atom stereocenters. The fraction of sp³-hybridized carbons (Fsp3) is 0.174. The number of hydrogen-bond acceptors (Lipinski definition) is 4. The van der Waals surface area contributed by atoms with Gasteiger partial charge in [-0.15, -0.1) is 23.4 Å². The molecule has 31 heavy (non-hydrogen) atoms. The average molecular weight is 473 g/mol. The van der Waals surface area contributed by atoms with E-state index in [1.807, 2.05) is 60.7 Å². The first-order valence-corrected chi connectivity index (χ1v) is 12.6. The molecule has 1 heterocycles. The minimum absolute atomic E-state index is 0.183. The Hall–Kier alpha value is -2.32. The maximum atomic E-state index is 13.5. The Kier molecular flexibility index (Phi) is 6.67. The molecular formula is C23H21ClN2O3S2. The van der Waals surface area contributed by atoms with Gasteiger partial charge in [0.25, 0.3) is 5.91 Å². The van der Waals surface area contributed by atoms with Crippen molar-refractivity contribution in [2.24, 2.45) is 0 Å². The first-order chi connectivity index (χ1) is 14.9. The van der Waals surface area contributed by atoms with Gasteiger partial charge in [0.2, 0.25) is 10.0 Å². The van der Waals surface area contributed by atoms with E-state index in [9.17, 15) is 13.2 Å². The summed E-state index contributed by atoms with van der Waals surface area (Å²) in [6.45, 7) is 0.518. The number of amides is 1. The summed E-state index contributed by atoms with van der Waals surface area (Å²) in [5.41, 5.74) is 2.45. The number of anilines is 1. The average Bonchev–Trinajstić information content (AvgIpc) is 3.13. The van der Waals surface area contributed by atoms with Crippen LogP contribution in [0.3, 0.4) is 0 Å². The van der Waals surface area contributed by atoms with Gasteiger partial charge in [0.15, 0.2) is 4.71 Å². The topological polar surface area (TPSA) is 57.7 Å². The third-order valence-corrected chi connectivity index (χ3v) is 8.27. The van der Waals surface area contributed by atoms with Crippen molar-refractivity contribution in [3.05, 3.63) is 96.1 Å². The molecule has 1 amide bonds. The highest BCUT2D eigenvalue weighted by Crippen LogP contribution is 2.32. The molecule has 4 rings (SSSR count).